The molecule has 134 valence electrons. The molecule has 1 saturated carbocycles. The van der Waals surface area contributed by atoms with Crippen LogP contribution >= 0.6 is 0 Å². The first-order valence-electron chi connectivity index (χ1n) is 6.89. The number of nitrogens with zero attached hydrogens (tertiary/aromatic N) is 1. The van der Waals surface area contributed by atoms with Gasteiger partial charge in [-0.25, -0.2) is 26.9 Å². The highest BCUT2D eigenvalue weighted by Crippen LogP contribution is 2.55. The Morgan fingerprint density at radius 1 is 1.21 bits per heavy atom. The molecule has 1 fully saturated rings. The van der Waals surface area contributed by atoms with Crippen molar-refractivity contribution in [3.63, 3.8) is 0 Å². The second kappa shape index (κ2) is 5.78. The number of benzene rings is 1. The van der Waals surface area contributed by atoms with E-state index in [1.54, 1.807) is 0 Å². The van der Waals surface area contributed by atoms with Crippen LogP contribution < -0.4 is 11.5 Å². The van der Waals surface area contributed by atoms with Crippen molar-refractivity contribution < 1.29 is 26.7 Å². The fourth-order valence-electron chi connectivity index (χ4n) is 3.42. The Kier molecular flexibility index (Phi) is 4.41. The Morgan fingerprint density at radius 2 is 1.88 bits per heavy atom. The SMILES string of the molecule is C.NC1=N[C@@](c2cc(N)ccc2F)(C(F)F)[C@H]2CC(F)(F)C[C@H]2O1. The molecular weight excluding hydrogens is 333 g/mol. The summed E-state index contributed by atoms with van der Waals surface area (Å²) in [5.74, 6) is -5.64. The van der Waals surface area contributed by atoms with E-state index >= 15 is 0 Å². The minimum absolute atomic E-state index is 0. The van der Waals surface area contributed by atoms with Crippen molar-refractivity contribution >= 4 is 11.7 Å². The summed E-state index contributed by atoms with van der Waals surface area (Å²) in [5, 5.41) is 0. The molecule has 0 amide bonds. The van der Waals surface area contributed by atoms with Gasteiger partial charge in [-0.15, -0.1) is 0 Å². The highest BCUT2D eigenvalue weighted by Gasteiger charge is 2.63. The average molecular weight is 351 g/mol. The van der Waals surface area contributed by atoms with Crippen molar-refractivity contribution in [3.8, 4) is 0 Å². The van der Waals surface area contributed by atoms with Gasteiger partial charge in [0, 0.05) is 30.0 Å². The lowest BCUT2D eigenvalue weighted by atomic mass is 9.75. The quantitative estimate of drug-likeness (QED) is 0.634. The molecule has 1 aliphatic carbocycles. The highest BCUT2D eigenvalue weighted by molar-refractivity contribution is 5.73. The number of hydrogen-bond donors (Lipinski definition) is 2. The van der Waals surface area contributed by atoms with Crippen LogP contribution in [0.25, 0.3) is 0 Å². The summed E-state index contributed by atoms with van der Waals surface area (Å²) in [6, 6.07) is 2.41. The molecule has 0 spiro atoms. The zero-order chi connectivity index (χ0) is 17.0. The van der Waals surface area contributed by atoms with Crippen LogP contribution in [0.4, 0.5) is 27.6 Å². The summed E-state index contributed by atoms with van der Waals surface area (Å²) < 4.78 is 74.6. The third-order valence-corrected chi connectivity index (χ3v) is 4.35. The van der Waals surface area contributed by atoms with Gasteiger partial charge in [0.2, 0.25) is 0 Å². The van der Waals surface area contributed by atoms with E-state index in [1.807, 2.05) is 0 Å². The first kappa shape index (κ1) is 18.3. The molecule has 1 aromatic rings. The summed E-state index contributed by atoms with van der Waals surface area (Å²) in [7, 11) is 0. The summed E-state index contributed by atoms with van der Waals surface area (Å²) in [5.41, 5.74) is 7.88. The van der Waals surface area contributed by atoms with Crippen molar-refractivity contribution in [2.45, 2.75) is 44.3 Å². The van der Waals surface area contributed by atoms with Gasteiger partial charge in [-0.2, -0.15) is 0 Å². The molecule has 3 atom stereocenters. The molecule has 0 bridgehead atoms. The summed E-state index contributed by atoms with van der Waals surface area (Å²) in [6.45, 7) is 0. The van der Waals surface area contributed by atoms with Crippen LogP contribution in [-0.4, -0.2) is 24.5 Å². The summed E-state index contributed by atoms with van der Waals surface area (Å²) in [6.07, 6.45) is -6.20. The van der Waals surface area contributed by atoms with Gasteiger partial charge in [0.15, 0.2) is 5.54 Å². The number of aliphatic imine (C=N–C) groups is 1. The van der Waals surface area contributed by atoms with E-state index in [0.29, 0.717) is 0 Å². The predicted molar refractivity (Wildman–Crippen MR) is 79.4 cm³/mol. The first-order chi connectivity index (χ1) is 10.7. The number of amidine groups is 1. The molecule has 0 aromatic heterocycles. The number of nitrogens with two attached hydrogens (primary N) is 2. The van der Waals surface area contributed by atoms with Crippen molar-refractivity contribution in [3.05, 3.63) is 29.6 Å². The minimum atomic E-state index is -3.26. The van der Waals surface area contributed by atoms with Crippen LogP contribution in [0.15, 0.2) is 23.2 Å². The second-order valence-corrected chi connectivity index (χ2v) is 5.84. The number of anilines is 1. The van der Waals surface area contributed by atoms with Crippen LogP contribution in [0.2, 0.25) is 0 Å². The zero-order valence-electron chi connectivity index (χ0n) is 11.8. The summed E-state index contributed by atoms with van der Waals surface area (Å²) >= 11 is 0. The Bertz CT molecular complexity index is 667. The molecule has 2 aliphatic rings. The fraction of sp³-hybridized carbons (Fsp3) is 0.533. The zero-order valence-corrected chi connectivity index (χ0v) is 11.8. The van der Waals surface area contributed by atoms with Gasteiger partial charge in [-0.3, -0.25) is 0 Å². The van der Waals surface area contributed by atoms with Gasteiger partial charge in [0.05, 0.1) is 0 Å². The lowest BCUT2D eigenvalue weighted by Gasteiger charge is -2.41. The Labute approximate surface area is 135 Å². The predicted octanol–water partition coefficient (Wildman–Crippen LogP) is 3.26. The Balaban J connectivity index is 0.00000208. The van der Waals surface area contributed by atoms with E-state index in [9.17, 15) is 22.0 Å². The number of fused-ring (bicyclic) bond motifs is 1. The van der Waals surface area contributed by atoms with Crippen LogP contribution in [-0.2, 0) is 10.3 Å². The lowest BCUT2D eigenvalue weighted by molar-refractivity contribution is -0.0392. The molecule has 1 aliphatic heterocycles. The topological polar surface area (TPSA) is 73.6 Å². The number of nitrogen functional groups attached to an aromatic ring is 1. The van der Waals surface area contributed by atoms with Gasteiger partial charge < -0.3 is 16.2 Å². The number of halogens is 5. The van der Waals surface area contributed by atoms with Crippen molar-refractivity contribution in [1.82, 2.24) is 0 Å². The van der Waals surface area contributed by atoms with Gasteiger partial charge in [-0.05, 0) is 18.2 Å². The molecule has 0 unspecified atom stereocenters. The highest BCUT2D eigenvalue weighted by atomic mass is 19.3. The largest absolute Gasteiger partial charge is 0.461 e. The maximum atomic E-state index is 14.2. The van der Waals surface area contributed by atoms with E-state index in [-0.39, 0.29) is 13.1 Å². The van der Waals surface area contributed by atoms with Crippen LogP contribution in [0.5, 0.6) is 0 Å². The minimum Gasteiger partial charge on any atom is -0.461 e. The van der Waals surface area contributed by atoms with E-state index in [4.69, 9.17) is 16.2 Å². The fourth-order valence-corrected chi connectivity index (χ4v) is 3.42. The second-order valence-electron chi connectivity index (χ2n) is 5.84. The van der Waals surface area contributed by atoms with Crippen LogP contribution in [0.3, 0.4) is 0 Å². The molecule has 4 N–H and O–H groups in total. The molecule has 4 nitrogen and oxygen atoms in total. The van der Waals surface area contributed by atoms with Crippen molar-refractivity contribution in [1.29, 1.82) is 0 Å². The van der Waals surface area contributed by atoms with E-state index in [1.165, 1.54) is 6.07 Å². The molecule has 24 heavy (non-hydrogen) atoms. The monoisotopic (exact) mass is 351 g/mol. The number of hydrogen-bond acceptors (Lipinski definition) is 4. The molecular formula is C15H18F5N3O. The van der Waals surface area contributed by atoms with Gasteiger partial charge in [-0.1, -0.05) is 7.43 Å². The molecule has 0 radical (unpaired) electrons. The lowest BCUT2D eigenvalue weighted by Crippen LogP contribution is -2.51. The number of ether oxygens (including phenoxy) is 1. The molecule has 0 saturated heterocycles. The number of rotatable bonds is 2. The number of alkyl halides is 4. The molecule has 1 aromatic carbocycles. The first-order valence-corrected chi connectivity index (χ1v) is 6.89. The molecule has 9 heteroatoms. The van der Waals surface area contributed by atoms with E-state index in [0.717, 1.165) is 12.1 Å². The van der Waals surface area contributed by atoms with Gasteiger partial charge >= 0.3 is 0 Å². The van der Waals surface area contributed by atoms with E-state index < -0.39 is 60.2 Å². The molecule has 1 heterocycles. The smallest absolute Gasteiger partial charge is 0.283 e. The average Bonchev–Trinajstić information content (AvgIpc) is 2.74. The third-order valence-electron chi connectivity index (χ3n) is 4.35. The summed E-state index contributed by atoms with van der Waals surface area (Å²) in [4.78, 5) is 3.59. The van der Waals surface area contributed by atoms with Gasteiger partial charge in [0.1, 0.15) is 11.9 Å². The normalized spacial score (nSPS) is 31.0. The Morgan fingerprint density at radius 3 is 2.50 bits per heavy atom. The maximum absolute atomic E-state index is 14.2. The van der Waals surface area contributed by atoms with Crippen LogP contribution in [0, 0.1) is 11.7 Å². The maximum Gasteiger partial charge on any atom is 0.283 e. The van der Waals surface area contributed by atoms with Crippen LogP contribution in [0.1, 0.15) is 25.8 Å². The van der Waals surface area contributed by atoms with E-state index in [2.05, 4.69) is 4.99 Å². The standard InChI is InChI=1S/C14H14F5N3O.CH4/c15-9-2-1-6(20)3-7(9)14(11(16)17)8-4-13(18,19)5-10(8)23-12(21)22-14;/h1-3,8,10-11H,4-5,20H2,(H2,21,22);1H4/t8-,10+,14+;/m0./s1. The molecule has 3 rings (SSSR count). The third kappa shape index (κ3) is 2.65. The van der Waals surface area contributed by atoms with Crippen molar-refractivity contribution in [2.24, 2.45) is 16.6 Å². The van der Waals surface area contributed by atoms with Crippen molar-refractivity contribution in [2.75, 3.05) is 5.73 Å². The Hall–Kier alpha value is -2.06. The van der Waals surface area contributed by atoms with Gasteiger partial charge in [0.25, 0.3) is 18.4 Å².